The Bertz CT molecular complexity index is 661. The van der Waals surface area contributed by atoms with Gasteiger partial charge in [-0.1, -0.05) is 0 Å². The quantitative estimate of drug-likeness (QED) is 0.817. The molecule has 0 fully saturated rings. The second-order valence-electron chi connectivity index (χ2n) is 3.97. The third-order valence-electron chi connectivity index (χ3n) is 2.66. The summed E-state index contributed by atoms with van der Waals surface area (Å²) in [6.45, 7) is 0. The Morgan fingerprint density at radius 3 is 2.43 bits per heavy atom. The molecular formula is C13H13BrN4O3. The number of hydrogen-bond acceptors (Lipinski definition) is 6. The van der Waals surface area contributed by atoms with Gasteiger partial charge in [0.05, 0.1) is 32.2 Å². The fourth-order valence-electron chi connectivity index (χ4n) is 1.65. The molecule has 2 rings (SSSR count). The summed E-state index contributed by atoms with van der Waals surface area (Å²) >= 11 is 3.17. The molecule has 1 aromatic heterocycles. The summed E-state index contributed by atoms with van der Waals surface area (Å²) in [5.41, 5.74) is 6.39. The summed E-state index contributed by atoms with van der Waals surface area (Å²) < 4.78 is 10.8. The molecule has 0 bridgehead atoms. The molecule has 0 aliphatic carbocycles. The monoisotopic (exact) mass is 352 g/mol. The van der Waals surface area contributed by atoms with E-state index in [1.54, 1.807) is 0 Å². The molecule has 1 aromatic carbocycles. The summed E-state index contributed by atoms with van der Waals surface area (Å²) in [4.78, 5) is 20.2. The zero-order valence-electron chi connectivity index (χ0n) is 11.4. The third-order valence-corrected chi connectivity index (χ3v) is 3.07. The van der Waals surface area contributed by atoms with Crippen LogP contribution in [0.1, 0.15) is 10.4 Å². The number of anilines is 2. The molecule has 1 heterocycles. The van der Waals surface area contributed by atoms with Crippen LogP contribution in [0.2, 0.25) is 0 Å². The summed E-state index contributed by atoms with van der Waals surface area (Å²) in [5, 5.41) is 2.61. The van der Waals surface area contributed by atoms with Crippen LogP contribution >= 0.6 is 15.9 Å². The number of amides is 1. The Balaban J connectivity index is 2.28. The number of nitrogens with two attached hydrogens (primary N) is 1. The lowest BCUT2D eigenvalue weighted by Gasteiger charge is -2.12. The topological polar surface area (TPSA) is 99.4 Å². The molecule has 0 aliphatic rings. The molecule has 21 heavy (non-hydrogen) atoms. The molecule has 0 spiro atoms. The molecule has 1 amide bonds. The Kier molecular flexibility index (Phi) is 4.59. The summed E-state index contributed by atoms with van der Waals surface area (Å²) in [6, 6.07) is 3.04. The van der Waals surface area contributed by atoms with Gasteiger partial charge in [-0.15, -0.1) is 0 Å². The van der Waals surface area contributed by atoms with Crippen molar-refractivity contribution in [3.63, 3.8) is 0 Å². The molecule has 7 nitrogen and oxygen atoms in total. The van der Waals surface area contributed by atoms with Gasteiger partial charge in [-0.2, -0.15) is 0 Å². The van der Waals surface area contributed by atoms with Crippen molar-refractivity contribution in [3.8, 4) is 11.5 Å². The average Bonchev–Trinajstić information content (AvgIpc) is 2.49. The number of benzene rings is 1. The number of nitrogens with zero attached hydrogens (tertiary/aromatic N) is 2. The van der Waals surface area contributed by atoms with Crippen molar-refractivity contribution in [2.24, 2.45) is 0 Å². The number of rotatable bonds is 4. The van der Waals surface area contributed by atoms with Crippen molar-refractivity contribution in [3.05, 3.63) is 34.7 Å². The van der Waals surface area contributed by atoms with E-state index in [2.05, 4.69) is 31.2 Å². The minimum Gasteiger partial charge on any atom is -0.493 e. The van der Waals surface area contributed by atoms with Crippen molar-refractivity contribution >= 4 is 33.3 Å². The van der Waals surface area contributed by atoms with E-state index in [0.29, 0.717) is 21.9 Å². The van der Waals surface area contributed by atoms with E-state index in [4.69, 9.17) is 15.2 Å². The first kappa shape index (κ1) is 15.0. The number of methoxy groups -OCH3 is 2. The van der Waals surface area contributed by atoms with Gasteiger partial charge in [0.1, 0.15) is 4.60 Å². The van der Waals surface area contributed by atoms with Crippen molar-refractivity contribution in [2.45, 2.75) is 0 Å². The molecule has 8 heteroatoms. The van der Waals surface area contributed by atoms with Crippen LogP contribution in [-0.4, -0.2) is 30.1 Å². The van der Waals surface area contributed by atoms with Gasteiger partial charge >= 0.3 is 0 Å². The summed E-state index contributed by atoms with van der Waals surface area (Å²) in [6.07, 6.45) is 2.91. The lowest BCUT2D eigenvalue weighted by molar-refractivity contribution is 0.102. The molecule has 3 N–H and O–H groups in total. The number of nitrogens with one attached hydrogen (secondary N) is 1. The molecule has 0 aliphatic heterocycles. The van der Waals surface area contributed by atoms with Gasteiger partial charge in [0.2, 0.25) is 0 Å². The van der Waals surface area contributed by atoms with Gasteiger partial charge in [0.25, 0.3) is 5.91 Å². The van der Waals surface area contributed by atoms with Crippen LogP contribution in [0.4, 0.5) is 11.5 Å². The highest BCUT2D eigenvalue weighted by molar-refractivity contribution is 9.10. The molecule has 0 atom stereocenters. The van der Waals surface area contributed by atoms with Crippen LogP contribution in [0.3, 0.4) is 0 Å². The summed E-state index contributed by atoms with van der Waals surface area (Å²) in [5.74, 6) is 0.774. The standard InChI is InChI=1S/C13H13BrN4O3/c1-20-9-3-7(8(15)4-10(9)21-2)13(19)18-12-6-16-11(14)5-17-12/h3-6H,15H2,1-2H3,(H,17,18,19). The van der Waals surface area contributed by atoms with E-state index in [9.17, 15) is 4.79 Å². The lowest BCUT2D eigenvalue weighted by atomic mass is 10.1. The Morgan fingerprint density at radius 1 is 1.19 bits per heavy atom. The van der Waals surface area contributed by atoms with E-state index >= 15 is 0 Å². The van der Waals surface area contributed by atoms with Gasteiger partial charge < -0.3 is 20.5 Å². The predicted molar refractivity (Wildman–Crippen MR) is 81.6 cm³/mol. The Hall–Kier alpha value is -2.35. The largest absolute Gasteiger partial charge is 0.493 e. The molecule has 2 aromatic rings. The molecular weight excluding hydrogens is 340 g/mol. The van der Waals surface area contributed by atoms with Crippen LogP contribution in [0, 0.1) is 0 Å². The summed E-state index contributed by atoms with van der Waals surface area (Å²) in [7, 11) is 2.98. The molecule has 110 valence electrons. The predicted octanol–water partition coefficient (Wildman–Crippen LogP) is 2.09. The Morgan fingerprint density at radius 2 is 1.86 bits per heavy atom. The van der Waals surface area contributed by atoms with Crippen LogP contribution in [-0.2, 0) is 0 Å². The first-order chi connectivity index (χ1) is 10.0. The number of nitrogen functional groups attached to an aromatic ring is 1. The van der Waals surface area contributed by atoms with Gasteiger partial charge in [0, 0.05) is 11.8 Å². The number of carbonyl (C=O) groups excluding carboxylic acids is 1. The second-order valence-corrected chi connectivity index (χ2v) is 4.79. The van der Waals surface area contributed by atoms with Crippen molar-refractivity contribution in [2.75, 3.05) is 25.3 Å². The van der Waals surface area contributed by atoms with Gasteiger partial charge in [-0.25, -0.2) is 9.97 Å². The normalized spacial score (nSPS) is 10.0. The number of halogens is 1. The van der Waals surface area contributed by atoms with E-state index in [-0.39, 0.29) is 11.3 Å². The first-order valence-corrected chi connectivity index (χ1v) is 6.65. The smallest absolute Gasteiger partial charge is 0.259 e. The maximum absolute atomic E-state index is 12.2. The van der Waals surface area contributed by atoms with Crippen LogP contribution in [0.15, 0.2) is 29.1 Å². The van der Waals surface area contributed by atoms with E-state index in [1.807, 2.05) is 0 Å². The van der Waals surface area contributed by atoms with E-state index < -0.39 is 5.91 Å². The average molecular weight is 353 g/mol. The van der Waals surface area contributed by atoms with Crippen molar-refractivity contribution in [1.82, 2.24) is 9.97 Å². The number of hydrogen-bond donors (Lipinski definition) is 2. The minimum absolute atomic E-state index is 0.261. The molecule has 0 radical (unpaired) electrons. The first-order valence-electron chi connectivity index (χ1n) is 5.85. The SMILES string of the molecule is COc1cc(N)c(C(=O)Nc2cnc(Br)cn2)cc1OC. The molecule has 0 saturated carbocycles. The highest BCUT2D eigenvalue weighted by Crippen LogP contribution is 2.32. The van der Waals surface area contributed by atoms with Gasteiger partial charge in [0.15, 0.2) is 17.3 Å². The zero-order chi connectivity index (χ0) is 15.4. The highest BCUT2D eigenvalue weighted by Gasteiger charge is 2.15. The molecule has 0 saturated heterocycles. The number of carbonyl (C=O) groups is 1. The van der Waals surface area contributed by atoms with Crippen molar-refractivity contribution in [1.29, 1.82) is 0 Å². The highest BCUT2D eigenvalue weighted by atomic mass is 79.9. The van der Waals surface area contributed by atoms with Gasteiger partial charge in [-0.05, 0) is 22.0 Å². The minimum atomic E-state index is -0.412. The van der Waals surface area contributed by atoms with E-state index in [1.165, 1.54) is 38.7 Å². The van der Waals surface area contributed by atoms with Crippen LogP contribution in [0.5, 0.6) is 11.5 Å². The maximum atomic E-state index is 12.2. The van der Waals surface area contributed by atoms with Crippen LogP contribution < -0.4 is 20.5 Å². The number of ether oxygens (including phenoxy) is 2. The third kappa shape index (κ3) is 3.40. The molecule has 0 unspecified atom stereocenters. The Labute approximate surface area is 129 Å². The fourth-order valence-corrected chi connectivity index (χ4v) is 1.86. The zero-order valence-corrected chi connectivity index (χ0v) is 13.0. The number of aromatic nitrogens is 2. The second kappa shape index (κ2) is 6.40. The van der Waals surface area contributed by atoms with Crippen molar-refractivity contribution < 1.29 is 14.3 Å². The maximum Gasteiger partial charge on any atom is 0.259 e. The lowest BCUT2D eigenvalue weighted by Crippen LogP contribution is -2.15. The fraction of sp³-hybridized carbons (Fsp3) is 0.154. The van der Waals surface area contributed by atoms with Crippen LogP contribution in [0.25, 0.3) is 0 Å². The van der Waals surface area contributed by atoms with Gasteiger partial charge in [-0.3, -0.25) is 4.79 Å². The van der Waals surface area contributed by atoms with E-state index in [0.717, 1.165) is 0 Å².